The fourth-order valence-corrected chi connectivity index (χ4v) is 1.81. The van der Waals surface area contributed by atoms with Crippen LogP contribution < -0.4 is 5.32 Å². The van der Waals surface area contributed by atoms with Crippen molar-refractivity contribution in [2.24, 2.45) is 0 Å². The summed E-state index contributed by atoms with van der Waals surface area (Å²) < 4.78 is 0. The van der Waals surface area contributed by atoms with Crippen molar-refractivity contribution >= 4 is 5.91 Å². The third-order valence-electron chi connectivity index (χ3n) is 3.45. The molecule has 7 nitrogen and oxygen atoms in total. The maximum atomic E-state index is 11.6. The molecule has 0 unspecified atom stereocenters. The molecular formula is C18H29NO6. The zero-order valence-corrected chi connectivity index (χ0v) is 14.6. The predicted octanol–water partition coefficient (Wildman–Crippen LogP) is -1.09. The molecule has 0 aromatic heterocycles. The standard InChI is InChI=1S/C18H29NO6/c1-2-3-4-5-6-7-8-9-10-11-12-19-18(25)17(24)16(23)15(22)14(21)13-20/h14-17,20-24H,2-4,9-13H2,1H3,(H,19,25)/t14-,15+,16+,17-/m1/s1. The Kier molecular flexibility index (Phi) is 13.8. The van der Waals surface area contributed by atoms with Gasteiger partial charge in [0, 0.05) is 19.4 Å². The first kappa shape index (κ1) is 23.4. The van der Waals surface area contributed by atoms with Gasteiger partial charge in [0.25, 0.3) is 5.91 Å². The maximum Gasteiger partial charge on any atom is 0.251 e. The number of nitrogens with one attached hydrogen (secondary N) is 1. The van der Waals surface area contributed by atoms with E-state index < -0.39 is 36.9 Å². The van der Waals surface area contributed by atoms with Gasteiger partial charge in [-0.25, -0.2) is 0 Å². The van der Waals surface area contributed by atoms with Crippen molar-refractivity contribution in [2.45, 2.75) is 69.9 Å². The fourth-order valence-electron chi connectivity index (χ4n) is 1.81. The summed E-state index contributed by atoms with van der Waals surface area (Å²) >= 11 is 0. The van der Waals surface area contributed by atoms with Crippen LogP contribution in [-0.2, 0) is 4.79 Å². The summed E-state index contributed by atoms with van der Waals surface area (Å²) in [6.45, 7) is 1.59. The molecule has 7 heteroatoms. The summed E-state index contributed by atoms with van der Waals surface area (Å²) in [5, 5.41) is 48.9. The topological polar surface area (TPSA) is 130 Å². The maximum absolute atomic E-state index is 11.6. The lowest BCUT2D eigenvalue weighted by molar-refractivity contribution is -0.148. The minimum atomic E-state index is -1.89. The Morgan fingerprint density at radius 2 is 1.56 bits per heavy atom. The van der Waals surface area contributed by atoms with Gasteiger partial charge in [0.1, 0.15) is 18.3 Å². The van der Waals surface area contributed by atoms with Gasteiger partial charge in [-0.2, -0.15) is 0 Å². The average molecular weight is 355 g/mol. The first-order valence-corrected chi connectivity index (χ1v) is 8.52. The monoisotopic (exact) mass is 355 g/mol. The van der Waals surface area contributed by atoms with E-state index in [0.29, 0.717) is 12.8 Å². The summed E-state index contributed by atoms with van der Waals surface area (Å²) in [6.07, 6.45) is -2.18. The zero-order valence-electron chi connectivity index (χ0n) is 14.6. The molecule has 1 amide bonds. The van der Waals surface area contributed by atoms with Crippen LogP contribution in [0, 0.1) is 23.7 Å². The molecule has 0 aliphatic rings. The van der Waals surface area contributed by atoms with E-state index in [4.69, 9.17) is 5.11 Å². The van der Waals surface area contributed by atoms with Crippen LogP contribution in [0.3, 0.4) is 0 Å². The van der Waals surface area contributed by atoms with Crippen LogP contribution in [0.4, 0.5) is 0 Å². The van der Waals surface area contributed by atoms with Gasteiger partial charge in [-0.05, 0) is 31.1 Å². The van der Waals surface area contributed by atoms with E-state index >= 15 is 0 Å². The lowest BCUT2D eigenvalue weighted by atomic mass is 10.0. The van der Waals surface area contributed by atoms with Crippen LogP contribution in [0.15, 0.2) is 0 Å². The molecule has 0 aliphatic carbocycles. The first-order chi connectivity index (χ1) is 12.0. The third kappa shape index (κ3) is 10.8. The Morgan fingerprint density at radius 1 is 0.960 bits per heavy atom. The number of aliphatic hydroxyl groups is 5. The molecule has 0 aromatic rings. The molecule has 0 bridgehead atoms. The highest BCUT2D eigenvalue weighted by Gasteiger charge is 2.33. The molecule has 4 atom stereocenters. The number of aliphatic hydroxyl groups excluding tert-OH is 5. The number of carbonyl (C=O) groups excluding carboxylic acids is 1. The molecule has 0 saturated carbocycles. The molecule has 142 valence electrons. The number of carbonyl (C=O) groups is 1. The molecule has 0 rings (SSSR count). The first-order valence-electron chi connectivity index (χ1n) is 8.52. The van der Waals surface area contributed by atoms with Crippen LogP contribution in [0.2, 0.25) is 0 Å². The predicted molar refractivity (Wildman–Crippen MR) is 93.1 cm³/mol. The molecule has 0 radical (unpaired) electrons. The number of rotatable bonds is 11. The molecule has 0 aliphatic heterocycles. The number of amides is 1. The van der Waals surface area contributed by atoms with Gasteiger partial charge in [-0.15, -0.1) is 0 Å². The molecule has 25 heavy (non-hydrogen) atoms. The Balaban J connectivity index is 3.92. The number of unbranched alkanes of at least 4 members (excludes halogenated alkanes) is 4. The van der Waals surface area contributed by atoms with Gasteiger partial charge in [-0.3, -0.25) is 4.79 Å². The Bertz CT molecular complexity index is 487. The normalized spacial score (nSPS) is 15.0. The third-order valence-corrected chi connectivity index (χ3v) is 3.45. The van der Waals surface area contributed by atoms with Gasteiger partial charge < -0.3 is 30.8 Å². The van der Waals surface area contributed by atoms with Crippen molar-refractivity contribution in [1.82, 2.24) is 5.32 Å². The van der Waals surface area contributed by atoms with Gasteiger partial charge in [0.05, 0.1) is 6.61 Å². The molecule has 6 N–H and O–H groups in total. The summed E-state index contributed by atoms with van der Waals surface area (Å²) in [5.74, 6) is 10.6. The van der Waals surface area contributed by atoms with E-state index in [1.165, 1.54) is 0 Å². The fraction of sp³-hybridized carbons (Fsp3) is 0.722. The van der Waals surface area contributed by atoms with E-state index in [1.54, 1.807) is 0 Å². The zero-order chi connectivity index (χ0) is 19.1. The molecular weight excluding hydrogens is 326 g/mol. The van der Waals surface area contributed by atoms with Crippen molar-refractivity contribution in [3.63, 3.8) is 0 Å². The Morgan fingerprint density at radius 3 is 2.12 bits per heavy atom. The molecule has 0 fully saturated rings. The van der Waals surface area contributed by atoms with Crippen LogP contribution in [-0.4, -0.2) is 69.0 Å². The highest BCUT2D eigenvalue weighted by molar-refractivity contribution is 5.81. The summed E-state index contributed by atoms with van der Waals surface area (Å²) in [7, 11) is 0. The smallest absolute Gasteiger partial charge is 0.251 e. The SMILES string of the molecule is CCCCC#CC#CCCCCNC(=O)[C@H](O)[C@@H](O)[C@@H](O)[C@H](O)CO. The van der Waals surface area contributed by atoms with Crippen LogP contribution in [0.25, 0.3) is 0 Å². The lowest BCUT2D eigenvalue weighted by Crippen LogP contribution is -2.51. The van der Waals surface area contributed by atoms with Crippen molar-refractivity contribution in [3.8, 4) is 23.7 Å². The second kappa shape index (κ2) is 14.7. The van der Waals surface area contributed by atoms with Crippen LogP contribution in [0.5, 0.6) is 0 Å². The van der Waals surface area contributed by atoms with Crippen LogP contribution in [0.1, 0.15) is 45.4 Å². The van der Waals surface area contributed by atoms with Gasteiger partial charge in [-0.1, -0.05) is 25.2 Å². The van der Waals surface area contributed by atoms with E-state index in [1.807, 2.05) is 0 Å². The highest BCUT2D eigenvalue weighted by atomic mass is 16.4. The molecule has 0 aromatic carbocycles. The quantitative estimate of drug-likeness (QED) is 0.206. The van der Waals surface area contributed by atoms with Crippen molar-refractivity contribution in [1.29, 1.82) is 0 Å². The van der Waals surface area contributed by atoms with E-state index in [-0.39, 0.29) is 6.54 Å². The van der Waals surface area contributed by atoms with Gasteiger partial charge in [0.2, 0.25) is 0 Å². The minimum Gasteiger partial charge on any atom is -0.394 e. The lowest BCUT2D eigenvalue weighted by Gasteiger charge is -2.24. The van der Waals surface area contributed by atoms with Crippen molar-refractivity contribution in [3.05, 3.63) is 0 Å². The van der Waals surface area contributed by atoms with E-state index in [2.05, 4.69) is 35.9 Å². The molecule has 0 heterocycles. The van der Waals surface area contributed by atoms with Crippen molar-refractivity contribution < 1.29 is 30.3 Å². The summed E-state index contributed by atoms with van der Waals surface area (Å²) in [6, 6.07) is 0. The van der Waals surface area contributed by atoms with Crippen LogP contribution >= 0.6 is 0 Å². The molecule has 0 saturated heterocycles. The summed E-state index contributed by atoms with van der Waals surface area (Å²) in [4.78, 5) is 11.6. The highest BCUT2D eigenvalue weighted by Crippen LogP contribution is 2.05. The summed E-state index contributed by atoms with van der Waals surface area (Å²) in [5.41, 5.74) is 0. The molecule has 0 spiro atoms. The average Bonchev–Trinajstić information content (AvgIpc) is 2.63. The van der Waals surface area contributed by atoms with Crippen molar-refractivity contribution in [2.75, 3.05) is 13.2 Å². The number of hydrogen-bond donors (Lipinski definition) is 6. The largest absolute Gasteiger partial charge is 0.394 e. The Labute approximate surface area is 149 Å². The van der Waals surface area contributed by atoms with Gasteiger partial charge >= 0.3 is 0 Å². The van der Waals surface area contributed by atoms with Gasteiger partial charge in [0.15, 0.2) is 6.10 Å². The van der Waals surface area contributed by atoms with E-state index in [0.717, 1.165) is 25.7 Å². The van der Waals surface area contributed by atoms with E-state index in [9.17, 15) is 25.2 Å². The minimum absolute atomic E-state index is 0.283. The second-order valence-corrected chi connectivity index (χ2v) is 5.63. The second-order valence-electron chi connectivity index (χ2n) is 5.63. The Hall–Kier alpha value is -1.61. The number of hydrogen-bond acceptors (Lipinski definition) is 6.